The Kier molecular flexibility index (Phi) is 20.9. The van der Waals surface area contributed by atoms with Crippen LogP contribution >= 0.6 is 0 Å². The van der Waals surface area contributed by atoms with Crippen molar-refractivity contribution in [3.05, 3.63) is 235 Å². The van der Waals surface area contributed by atoms with Gasteiger partial charge in [0.2, 0.25) is 0 Å². The fourth-order valence-electron chi connectivity index (χ4n) is 10.2. The van der Waals surface area contributed by atoms with E-state index in [1.807, 2.05) is 73.2 Å². The molecule has 7 aromatic carbocycles. The molecule has 414 valence electrons. The second-order valence-electron chi connectivity index (χ2n) is 21.5. The summed E-state index contributed by atoms with van der Waals surface area (Å²) in [7, 11) is 0. The molecular formula is C75H72IrN3O3. The molecule has 7 heteroatoms. The minimum atomic E-state index is 0. The van der Waals surface area contributed by atoms with Crippen LogP contribution in [-0.2, 0) is 54.1 Å². The Balaban J connectivity index is 0.00000810. The smallest absolute Gasteiger partial charge is 0.378 e. The summed E-state index contributed by atoms with van der Waals surface area (Å²) in [6.07, 6.45) is 8.65. The quantitative estimate of drug-likeness (QED) is 0.0562. The minimum Gasteiger partial charge on any atom is -0.378 e. The van der Waals surface area contributed by atoms with Crippen LogP contribution in [0.4, 0.5) is 0 Å². The van der Waals surface area contributed by atoms with Gasteiger partial charge in [0.15, 0.2) is 0 Å². The molecule has 10 aromatic rings. The SMILES string of the molecule is CCC(C)COCc1cc(-c2ccccn2)[c-]cc1-c1ccccc1-c1cc(-c2ccccc2-c2c[c-]c(-c3ccccn3)cc2COCC(C)CC)cc(-c2ccccc2-c2c[c-]c(-c3ccccn3)cc2COCC(C)CC)c1.[Ir+3]. The van der Waals surface area contributed by atoms with Gasteiger partial charge in [0.25, 0.3) is 0 Å². The summed E-state index contributed by atoms with van der Waals surface area (Å²) in [4.78, 5) is 14.1. The van der Waals surface area contributed by atoms with Crippen molar-refractivity contribution in [2.75, 3.05) is 19.8 Å². The average molecular weight is 1260 g/mol. The van der Waals surface area contributed by atoms with Gasteiger partial charge in [0.05, 0.1) is 19.8 Å². The molecular weight excluding hydrogens is 1180 g/mol. The number of benzene rings is 7. The van der Waals surface area contributed by atoms with E-state index < -0.39 is 0 Å². The van der Waals surface area contributed by atoms with E-state index in [1.165, 1.54) is 0 Å². The third-order valence-corrected chi connectivity index (χ3v) is 15.5. The second-order valence-corrected chi connectivity index (χ2v) is 21.5. The standard InChI is InChI=1S/C75H72N3O3.Ir/c1-7-52(4)46-79-49-61-40-55(73-28-16-19-37-76-73)31-34-67(61)70-25-13-10-22-64(70)58-43-59(65-23-11-14-26-71(65)68-35-32-56(74-29-17-20-38-77-74)41-62(68)50-80-47-53(5)8-2)45-60(44-58)66-24-12-15-27-72(66)69-36-33-57(75-30-18-21-39-78-75)42-63(69)51-81-48-54(6)9-3;/h10-30,34-45,52-54H,7-9,46-51H2,1-6H3;/q-3;+3. The molecule has 0 fully saturated rings. The third-order valence-electron chi connectivity index (χ3n) is 15.5. The van der Waals surface area contributed by atoms with Crippen LogP contribution in [0.1, 0.15) is 77.5 Å². The average Bonchev–Trinajstić information content (AvgIpc) is 3.64. The van der Waals surface area contributed by atoms with E-state index in [2.05, 4.69) is 187 Å². The Morgan fingerprint density at radius 1 is 0.341 bits per heavy atom. The zero-order chi connectivity index (χ0) is 55.9. The van der Waals surface area contributed by atoms with E-state index in [1.54, 1.807) is 0 Å². The van der Waals surface area contributed by atoms with Gasteiger partial charge in [0, 0.05) is 38.4 Å². The van der Waals surface area contributed by atoms with Crippen LogP contribution in [0.3, 0.4) is 0 Å². The molecule has 3 aromatic heterocycles. The molecule has 0 amide bonds. The molecule has 6 nitrogen and oxygen atoms in total. The molecule has 0 spiro atoms. The molecule has 0 bridgehead atoms. The van der Waals surface area contributed by atoms with Gasteiger partial charge in [-0.2, -0.15) is 0 Å². The summed E-state index contributed by atoms with van der Waals surface area (Å²) in [5.74, 6) is 1.31. The zero-order valence-electron chi connectivity index (χ0n) is 48.0. The molecule has 10 rings (SSSR count). The van der Waals surface area contributed by atoms with Crippen molar-refractivity contribution in [2.45, 2.75) is 80.6 Å². The Labute approximate surface area is 500 Å². The number of ether oxygens (including phenoxy) is 3. The topological polar surface area (TPSA) is 66.4 Å². The molecule has 82 heavy (non-hydrogen) atoms. The zero-order valence-corrected chi connectivity index (χ0v) is 50.4. The van der Waals surface area contributed by atoms with Crippen molar-refractivity contribution in [3.63, 3.8) is 0 Å². The van der Waals surface area contributed by atoms with Crippen LogP contribution in [0, 0.1) is 36.0 Å². The van der Waals surface area contributed by atoms with Crippen molar-refractivity contribution in [1.29, 1.82) is 0 Å². The van der Waals surface area contributed by atoms with E-state index >= 15 is 0 Å². The van der Waals surface area contributed by atoms with Gasteiger partial charge in [-0.05, 0) is 105 Å². The molecule has 3 heterocycles. The number of hydrogen-bond donors (Lipinski definition) is 0. The fourth-order valence-corrected chi connectivity index (χ4v) is 10.2. The van der Waals surface area contributed by atoms with E-state index in [0.29, 0.717) is 57.4 Å². The second kappa shape index (κ2) is 29.0. The summed E-state index contributed by atoms with van der Waals surface area (Å²) in [5.41, 5.74) is 21.7. The van der Waals surface area contributed by atoms with Crippen LogP contribution in [0.5, 0.6) is 0 Å². The maximum Gasteiger partial charge on any atom is 3.00 e. The Hall–Kier alpha value is -7.48. The number of nitrogens with zero attached hydrogens (tertiary/aromatic N) is 3. The van der Waals surface area contributed by atoms with E-state index in [4.69, 9.17) is 29.2 Å². The van der Waals surface area contributed by atoms with Crippen LogP contribution in [0.25, 0.3) is 101 Å². The van der Waals surface area contributed by atoms with Gasteiger partial charge in [-0.25, -0.2) is 0 Å². The summed E-state index contributed by atoms with van der Waals surface area (Å²) < 4.78 is 19.6. The first-order valence-corrected chi connectivity index (χ1v) is 28.8. The Morgan fingerprint density at radius 2 is 0.610 bits per heavy atom. The van der Waals surface area contributed by atoms with Crippen LogP contribution in [0.2, 0.25) is 0 Å². The summed E-state index contributed by atoms with van der Waals surface area (Å²) in [5, 5.41) is 0. The Morgan fingerprint density at radius 3 is 0.866 bits per heavy atom. The predicted molar refractivity (Wildman–Crippen MR) is 333 cm³/mol. The molecule has 0 aliphatic heterocycles. The Bertz CT molecular complexity index is 3270. The first-order valence-electron chi connectivity index (χ1n) is 28.8. The predicted octanol–water partition coefficient (Wildman–Crippen LogP) is 19.0. The van der Waals surface area contributed by atoms with Crippen molar-refractivity contribution in [3.8, 4) is 101 Å². The van der Waals surface area contributed by atoms with E-state index in [9.17, 15) is 0 Å². The molecule has 0 saturated carbocycles. The first kappa shape index (κ1) is 59.2. The molecule has 3 atom stereocenters. The molecule has 0 radical (unpaired) electrons. The summed E-state index contributed by atoms with van der Waals surface area (Å²) in [6.45, 7) is 16.7. The van der Waals surface area contributed by atoms with E-state index in [0.717, 1.165) is 136 Å². The summed E-state index contributed by atoms with van der Waals surface area (Å²) in [6, 6.07) is 75.4. The van der Waals surface area contributed by atoms with Gasteiger partial charge >= 0.3 is 20.1 Å². The van der Waals surface area contributed by atoms with Crippen LogP contribution in [0.15, 0.2) is 201 Å². The molecule has 0 aliphatic carbocycles. The number of aromatic nitrogens is 3. The van der Waals surface area contributed by atoms with Crippen molar-refractivity contribution in [2.24, 2.45) is 17.8 Å². The van der Waals surface area contributed by atoms with Crippen LogP contribution < -0.4 is 0 Å². The van der Waals surface area contributed by atoms with Crippen molar-refractivity contribution < 1.29 is 34.3 Å². The number of pyridine rings is 3. The molecule has 3 unspecified atom stereocenters. The minimum absolute atomic E-state index is 0. The molecule has 0 aliphatic rings. The largest absolute Gasteiger partial charge is 3.00 e. The molecule has 0 N–H and O–H groups in total. The monoisotopic (exact) mass is 1260 g/mol. The molecule has 0 saturated heterocycles. The van der Waals surface area contributed by atoms with E-state index in [-0.39, 0.29) is 20.1 Å². The van der Waals surface area contributed by atoms with Gasteiger partial charge in [-0.1, -0.05) is 220 Å². The third kappa shape index (κ3) is 14.4. The maximum atomic E-state index is 6.54. The normalized spacial score (nSPS) is 12.4. The number of hydrogen-bond acceptors (Lipinski definition) is 6. The van der Waals surface area contributed by atoms with Gasteiger partial charge in [0.1, 0.15) is 0 Å². The van der Waals surface area contributed by atoms with Crippen LogP contribution in [-0.4, -0.2) is 34.8 Å². The maximum absolute atomic E-state index is 6.54. The van der Waals surface area contributed by atoms with Gasteiger partial charge in [-0.3, -0.25) is 0 Å². The first-order chi connectivity index (χ1) is 39.8. The van der Waals surface area contributed by atoms with Gasteiger partial charge < -0.3 is 29.2 Å². The van der Waals surface area contributed by atoms with Gasteiger partial charge in [-0.15, -0.1) is 71.3 Å². The van der Waals surface area contributed by atoms with Crippen molar-refractivity contribution >= 4 is 0 Å². The number of rotatable bonds is 24. The van der Waals surface area contributed by atoms with Crippen molar-refractivity contribution in [1.82, 2.24) is 15.0 Å². The fraction of sp³-hybridized carbons (Fsp3) is 0.240. The summed E-state index contributed by atoms with van der Waals surface area (Å²) >= 11 is 0.